The van der Waals surface area contributed by atoms with Crippen LogP contribution in [0.5, 0.6) is 5.88 Å². The minimum absolute atomic E-state index is 0.00660. The fourth-order valence-electron chi connectivity index (χ4n) is 2.82. The molecule has 3 aromatic rings. The first-order chi connectivity index (χ1) is 12.1. The van der Waals surface area contributed by atoms with Crippen LogP contribution in [0.2, 0.25) is 0 Å². The molecule has 25 heavy (non-hydrogen) atoms. The summed E-state index contributed by atoms with van der Waals surface area (Å²) >= 11 is 1.33. The van der Waals surface area contributed by atoms with Gasteiger partial charge in [0.05, 0.1) is 18.1 Å². The summed E-state index contributed by atoms with van der Waals surface area (Å²) in [4.78, 5) is 7.49. The number of thiazole rings is 1. The number of hydrogen-bond donors (Lipinski definition) is 3. The molecule has 0 aliphatic carbocycles. The summed E-state index contributed by atoms with van der Waals surface area (Å²) in [6, 6.07) is 3.25. The summed E-state index contributed by atoms with van der Waals surface area (Å²) in [6.07, 6.45) is 0.686. The molecule has 0 saturated heterocycles. The van der Waals surface area contributed by atoms with Gasteiger partial charge in [-0.2, -0.15) is 4.52 Å². The van der Waals surface area contributed by atoms with E-state index in [2.05, 4.69) is 10.1 Å². The number of hydrogen-bond acceptors (Lipinski definition) is 8. The van der Waals surface area contributed by atoms with Crippen LogP contribution in [0, 0.1) is 6.92 Å². The van der Waals surface area contributed by atoms with Crippen LogP contribution < -0.4 is 0 Å². The summed E-state index contributed by atoms with van der Waals surface area (Å²) < 4.78 is 7.21. The summed E-state index contributed by atoms with van der Waals surface area (Å²) in [5, 5.41) is 33.8. The molecule has 0 amide bonds. The van der Waals surface area contributed by atoms with Gasteiger partial charge in [-0.3, -0.25) is 4.90 Å². The highest BCUT2D eigenvalue weighted by molar-refractivity contribution is 7.17. The maximum absolute atomic E-state index is 10.7. The molecule has 3 aromatic heterocycles. The number of rotatable bonds is 8. The predicted octanol–water partition coefficient (Wildman–Crippen LogP) is 1.34. The van der Waals surface area contributed by atoms with Crippen molar-refractivity contribution in [1.82, 2.24) is 19.5 Å². The maximum atomic E-state index is 10.7. The third-order valence-electron chi connectivity index (χ3n) is 3.98. The molecule has 9 heteroatoms. The Balaban J connectivity index is 2.10. The van der Waals surface area contributed by atoms with Crippen molar-refractivity contribution in [3.05, 3.63) is 34.4 Å². The lowest BCUT2D eigenvalue weighted by Gasteiger charge is -2.28. The fraction of sp³-hybridized carbons (Fsp3) is 0.500. The summed E-state index contributed by atoms with van der Waals surface area (Å²) in [6.45, 7) is 4.32. The number of fused-ring (bicyclic) bond motifs is 1. The molecule has 0 spiro atoms. The van der Waals surface area contributed by atoms with Crippen molar-refractivity contribution < 1.29 is 19.7 Å². The largest absolute Gasteiger partial charge is 0.492 e. The average Bonchev–Trinajstić information content (AvgIpc) is 3.26. The van der Waals surface area contributed by atoms with Crippen molar-refractivity contribution >= 4 is 16.3 Å². The zero-order valence-corrected chi connectivity index (χ0v) is 15.0. The normalized spacial score (nSPS) is 13.2. The highest BCUT2D eigenvalue weighted by atomic mass is 32.1. The molecule has 0 aromatic carbocycles. The zero-order chi connectivity index (χ0) is 18.0. The van der Waals surface area contributed by atoms with Crippen LogP contribution in [-0.4, -0.2) is 61.1 Å². The Morgan fingerprint density at radius 2 is 2.00 bits per heavy atom. The van der Waals surface area contributed by atoms with Crippen LogP contribution >= 0.6 is 11.3 Å². The Kier molecular flexibility index (Phi) is 5.38. The van der Waals surface area contributed by atoms with E-state index >= 15 is 0 Å². The van der Waals surface area contributed by atoms with E-state index in [1.807, 2.05) is 30.9 Å². The van der Waals surface area contributed by atoms with Crippen LogP contribution in [0.3, 0.4) is 0 Å². The van der Waals surface area contributed by atoms with Crippen molar-refractivity contribution in [2.45, 2.75) is 26.3 Å². The van der Waals surface area contributed by atoms with E-state index in [9.17, 15) is 15.3 Å². The third-order valence-corrected chi connectivity index (χ3v) is 5.05. The van der Waals surface area contributed by atoms with E-state index < -0.39 is 6.04 Å². The Morgan fingerprint density at radius 1 is 1.28 bits per heavy atom. The lowest BCUT2D eigenvalue weighted by molar-refractivity contribution is 0.126. The summed E-state index contributed by atoms with van der Waals surface area (Å²) in [7, 11) is 0. The van der Waals surface area contributed by atoms with Crippen LogP contribution in [-0.2, 0) is 6.42 Å². The lowest BCUT2D eigenvalue weighted by Crippen LogP contribution is -2.34. The summed E-state index contributed by atoms with van der Waals surface area (Å²) in [5.41, 5.74) is 0. The minimum Gasteiger partial charge on any atom is -0.492 e. The molecule has 0 fully saturated rings. The molecule has 3 N–H and O–H groups in total. The molecule has 136 valence electrons. The Labute approximate surface area is 149 Å². The second-order valence-electron chi connectivity index (χ2n) is 5.70. The first kappa shape index (κ1) is 17.9. The van der Waals surface area contributed by atoms with E-state index in [1.165, 1.54) is 15.9 Å². The molecule has 3 rings (SSSR count). The number of furan rings is 1. The number of aromatic nitrogens is 3. The number of aliphatic hydroxyl groups is 2. The second-order valence-corrected chi connectivity index (χ2v) is 6.71. The van der Waals surface area contributed by atoms with Gasteiger partial charge in [-0.05, 0) is 19.1 Å². The topological polar surface area (TPSA) is 107 Å². The molecule has 0 aliphatic rings. The van der Waals surface area contributed by atoms with Gasteiger partial charge in [-0.25, -0.2) is 4.98 Å². The highest BCUT2D eigenvalue weighted by Gasteiger charge is 2.31. The number of aryl methyl sites for hydroxylation is 2. The van der Waals surface area contributed by atoms with Gasteiger partial charge in [-0.1, -0.05) is 18.3 Å². The Morgan fingerprint density at radius 3 is 2.52 bits per heavy atom. The van der Waals surface area contributed by atoms with Crippen LogP contribution in [0.4, 0.5) is 0 Å². The van der Waals surface area contributed by atoms with Gasteiger partial charge in [0, 0.05) is 19.5 Å². The van der Waals surface area contributed by atoms with Gasteiger partial charge < -0.3 is 19.7 Å². The van der Waals surface area contributed by atoms with Crippen LogP contribution in [0.15, 0.2) is 16.5 Å². The van der Waals surface area contributed by atoms with Gasteiger partial charge in [-0.15, -0.1) is 5.10 Å². The van der Waals surface area contributed by atoms with Crippen LogP contribution in [0.1, 0.15) is 35.2 Å². The van der Waals surface area contributed by atoms with Crippen molar-refractivity contribution in [1.29, 1.82) is 0 Å². The first-order valence-electron chi connectivity index (χ1n) is 8.18. The highest BCUT2D eigenvalue weighted by Crippen LogP contribution is 2.40. The maximum Gasteiger partial charge on any atom is 0.230 e. The molecule has 3 heterocycles. The SMILES string of the molecule is CCc1nc2sc(C(c3ccc(C)o3)N(CCO)CCO)c(O)n2n1. The van der Waals surface area contributed by atoms with Gasteiger partial charge in [0.2, 0.25) is 10.8 Å². The standard InChI is InChI=1S/C16H22N4O4S/c1-3-12-17-16-20(18-12)15(23)14(25-16)13(11-5-4-10(2)24-11)19(6-8-21)7-9-22/h4-5,13,21-23H,3,6-9H2,1-2H3. The van der Waals surface area contributed by atoms with Crippen molar-refractivity contribution in [2.24, 2.45) is 0 Å². The molecule has 1 unspecified atom stereocenters. The smallest absolute Gasteiger partial charge is 0.230 e. The lowest BCUT2D eigenvalue weighted by atomic mass is 10.1. The first-order valence-corrected chi connectivity index (χ1v) is 9.00. The number of aromatic hydroxyl groups is 1. The van der Waals surface area contributed by atoms with Crippen LogP contribution in [0.25, 0.3) is 4.96 Å². The van der Waals surface area contributed by atoms with E-state index in [4.69, 9.17) is 4.42 Å². The van der Waals surface area contributed by atoms with Crippen molar-refractivity contribution in [3.8, 4) is 5.88 Å². The predicted molar refractivity (Wildman–Crippen MR) is 92.9 cm³/mol. The van der Waals surface area contributed by atoms with E-state index in [0.717, 1.165) is 5.76 Å². The molecule has 0 bridgehead atoms. The molecule has 8 nitrogen and oxygen atoms in total. The Bertz CT molecular complexity index is 835. The van der Waals surface area contributed by atoms with Gasteiger partial charge >= 0.3 is 0 Å². The molecule has 0 saturated carbocycles. The van der Waals surface area contributed by atoms with Crippen molar-refractivity contribution in [3.63, 3.8) is 0 Å². The van der Waals surface area contributed by atoms with Gasteiger partial charge in [0.1, 0.15) is 17.6 Å². The fourth-order valence-corrected chi connectivity index (χ4v) is 3.94. The summed E-state index contributed by atoms with van der Waals surface area (Å²) in [5.74, 6) is 2.06. The van der Waals surface area contributed by atoms with Crippen molar-refractivity contribution in [2.75, 3.05) is 26.3 Å². The molecule has 0 radical (unpaired) electrons. The zero-order valence-electron chi connectivity index (χ0n) is 14.2. The van der Waals surface area contributed by atoms with E-state index in [-0.39, 0.29) is 19.1 Å². The third kappa shape index (κ3) is 3.40. The molecule has 0 aliphatic heterocycles. The monoisotopic (exact) mass is 366 g/mol. The van der Waals surface area contributed by atoms with E-state index in [0.29, 0.717) is 40.9 Å². The number of nitrogens with zero attached hydrogens (tertiary/aromatic N) is 4. The molecule has 1 atom stereocenters. The van der Waals surface area contributed by atoms with Gasteiger partial charge in [0.25, 0.3) is 0 Å². The number of aliphatic hydroxyl groups excluding tert-OH is 2. The molecular formula is C16H22N4O4S. The quantitative estimate of drug-likeness (QED) is 0.552. The molecular weight excluding hydrogens is 344 g/mol. The van der Waals surface area contributed by atoms with E-state index in [1.54, 1.807) is 0 Å². The minimum atomic E-state index is -0.438. The second kappa shape index (κ2) is 7.52. The van der Waals surface area contributed by atoms with Gasteiger partial charge in [0.15, 0.2) is 5.82 Å². The average molecular weight is 366 g/mol. The Hall–Kier alpha value is -1.94.